The monoisotopic (exact) mass is 242 g/mol. The number of hydrogen-bond acceptors (Lipinski definition) is 4. The van der Waals surface area contributed by atoms with Crippen LogP contribution < -0.4 is 5.32 Å². The van der Waals surface area contributed by atoms with Gasteiger partial charge in [0.2, 0.25) is 0 Å². The largest absolute Gasteiger partial charge is 0.390 e. The number of nitrogens with zero attached hydrogens (tertiary/aromatic N) is 1. The van der Waals surface area contributed by atoms with E-state index in [0.717, 1.165) is 51.9 Å². The Morgan fingerprint density at radius 3 is 2.88 bits per heavy atom. The molecule has 2 heterocycles. The smallest absolute Gasteiger partial charge is 0.0791 e. The van der Waals surface area contributed by atoms with Crippen molar-refractivity contribution in [2.75, 3.05) is 45.9 Å². The second-order valence-electron chi connectivity index (χ2n) is 5.38. The molecule has 2 N–H and O–H groups in total. The molecule has 2 rings (SSSR count). The highest BCUT2D eigenvalue weighted by atomic mass is 16.5. The Morgan fingerprint density at radius 1 is 1.35 bits per heavy atom. The minimum Gasteiger partial charge on any atom is -0.390 e. The molecule has 0 saturated carbocycles. The molecule has 2 unspecified atom stereocenters. The van der Waals surface area contributed by atoms with Gasteiger partial charge >= 0.3 is 0 Å². The average Bonchev–Trinajstić information content (AvgIpc) is 2.96. The summed E-state index contributed by atoms with van der Waals surface area (Å²) in [5.74, 6) is 0.734. The van der Waals surface area contributed by atoms with Crippen molar-refractivity contribution in [3.8, 4) is 0 Å². The van der Waals surface area contributed by atoms with Crippen LogP contribution in [0.3, 0.4) is 0 Å². The third-order valence-electron chi connectivity index (χ3n) is 3.80. The molecule has 0 aliphatic carbocycles. The first kappa shape index (κ1) is 13.3. The third-order valence-corrected chi connectivity index (χ3v) is 3.80. The van der Waals surface area contributed by atoms with Gasteiger partial charge in [0.15, 0.2) is 0 Å². The Kier molecular flexibility index (Phi) is 5.71. The van der Waals surface area contributed by atoms with E-state index in [1.807, 2.05) is 0 Å². The molecule has 0 spiro atoms. The zero-order valence-electron chi connectivity index (χ0n) is 10.7. The average molecular weight is 242 g/mol. The fourth-order valence-electron chi connectivity index (χ4n) is 2.71. The number of aliphatic hydroxyl groups is 1. The lowest BCUT2D eigenvalue weighted by Gasteiger charge is -2.19. The number of ether oxygens (including phenoxy) is 1. The summed E-state index contributed by atoms with van der Waals surface area (Å²) in [5, 5.41) is 13.2. The lowest BCUT2D eigenvalue weighted by Crippen LogP contribution is -2.37. The summed E-state index contributed by atoms with van der Waals surface area (Å²) in [6.45, 7) is 6.75. The molecule has 4 nitrogen and oxygen atoms in total. The summed E-state index contributed by atoms with van der Waals surface area (Å²) in [7, 11) is 0. The van der Waals surface area contributed by atoms with Crippen LogP contribution in [-0.4, -0.2) is 62.0 Å². The summed E-state index contributed by atoms with van der Waals surface area (Å²) in [6, 6.07) is 0. The molecule has 2 fully saturated rings. The maximum Gasteiger partial charge on any atom is 0.0791 e. The Hall–Kier alpha value is -0.160. The second-order valence-corrected chi connectivity index (χ2v) is 5.38. The lowest BCUT2D eigenvalue weighted by atomic mass is 10.1. The minimum atomic E-state index is -0.215. The molecule has 2 atom stereocenters. The zero-order valence-corrected chi connectivity index (χ0v) is 10.7. The van der Waals surface area contributed by atoms with Crippen molar-refractivity contribution in [1.29, 1.82) is 0 Å². The van der Waals surface area contributed by atoms with Gasteiger partial charge in [0.1, 0.15) is 0 Å². The molecule has 17 heavy (non-hydrogen) atoms. The number of likely N-dealkylation sites (tertiary alicyclic amines) is 1. The second kappa shape index (κ2) is 7.31. The highest BCUT2D eigenvalue weighted by molar-refractivity contribution is 4.72. The van der Waals surface area contributed by atoms with Gasteiger partial charge in [-0.1, -0.05) is 0 Å². The number of β-amino-alcohol motifs (C(OH)–C–C–N with tert-alkyl or cyclic N) is 1. The van der Waals surface area contributed by atoms with Crippen molar-refractivity contribution in [1.82, 2.24) is 10.2 Å². The van der Waals surface area contributed by atoms with Gasteiger partial charge < -0.3 is 20.1 Å². The number of nitrogens with one attached hydrogen (secondary N) is 1. The van der Waals surface area contributed by atoms with E-state index in [1.54, 1.807) is 0 Å². The lowest BCUT2D eigenvalue weighted by molar-refractivity contribution is 0.123. The fraction of sp³-hybridized carbons (Fsp3) is 1.00. The van der Waals surface area contributed by atoms with Gasteiger partial charge in [-0.2, -0.15) is 0 Å². The van der Waals surface area contributed by atoms with Crippen molar-refractivity contribution in [2.24, 2.45) is 5.92 Å². The molecule has 0 amide bonds. The van der Waals surface area contributed by atoms with Crippen molar-refractivity contribution in [3.63, 3.8) is 0 Å². The summed E-state index contributed by atoms with van der Waals surface area (Å²) in [6.07, 6.45) is 4.76. The summed E-state index contributed by atoms with van der Waals surface area (Å²) in [5.41, 5.74) is 0. The highest BCUT2D eigenvalue weighted by Crippen LogP contribution is 2.15. The predicted octanol–water partition coefficient (Wildman–Crippen LogP) is 0.459. The number of hydrogen-bond donors (Lipinski definition) is 2. The normalized spacial score (nSPS) is 27.7. The van der Waals surface area contributed by atoms with Gasteiger partial charge in [0.25, 0.3) is 0 Å². The number of aliphatic hydroxyl groups excluding tert-OH is 1. The van der Waals surface area contributed by atoms with Crippen molar-refractivity contribution in [3.05, 3.63) is 0 Å². The molecule has 100 valence electrons. The van der Waals surface area contributed by atoms with Crippen molar-refractivity contribution >= 4 is 0 Å². The Bertz CT molecular complexity index is 202. The molecule has 4 heteroatoms. The Labute approximate surface area is 104 Å². The topological polar surface area (TPSA) is 44.7 Å². The van der Waals surface area contributed by atoms with E-state index in [9.17, 15) is 5.11 Å². The molecular formula is C13H26N2O2. The molecule has 0 bridgehead atoms. The molecule has 0 aromatic carbocycles. The van der Waals surface area contributed by atoms with E-state index < -0.39 is 0 Å². The van der Waals surface area contributed by atoms with Crippen LogP contribution >= 0.6 is 0 Å². The fourth-order valence-corrected chi connectivity index (χ4v) is 2.71. The molecule has 0 aromatic heterocycles. The minimum absolute atomic E-state index is 0.215. The van der Waals surface area contributed by atoms with Gasteiger partial charge in [0.05, 0.1) is 6.10 Å². The van der Waals surface area contributed by atoms with Crippen LogP contribution in [0.5, 0.6) is 0 Å². The van der Waals surface area contributed by atoms with E-state index >= 15 is 0 Å². The Morgan fingerprint density at radius 2 is 2.18 bits per heavy atom. The van der Waals surface area contributed by atoms with E-state index in [-0.39, 0.29) is 6.10 Å². The van der Waals surface area contributed by atoms with Gasteiger partial charge in [-0.15, -0.1) is 0 Å². The molecule has 2 aliphatic heterocycles. The summed E-state index contributed by atoms with van der Waals surface area (Å²) in [4.78, 5) is 2.36. The van der Waals surface area contributed by atoms with E-state index in [0.29, 0.717) is 0 Å². The third kappa shape index (κ3) is 4.92. The molecule has 2 aliphatic rings. The highest BCUT2D eigenvalue weighted by Gasteiger charge is 2.16. The van der Waals surface area contributed by atoms with Gasteiger partial charge in [-0.05, 0) is 51.2 Å². The quantitative estimate of drug-likeness (QED) is 0.637. The van der Waals surface area contributed by atoms with Crippen LogP contribution in [0.4, 0.5) is 0 Å². The van der Waals surface area contributed by atoms with Crippen LogP contribution in [0.25, 0.3) is 0 Å². The maximum atomic E-state index is 9.87. The first-order valence-electron chi connectivity index (χ1n) is 7.03. The maximum absolute atomic E-state index is 9.87. The molecule has 2 saturated heterocycles. The van der Waals surface area contributed by atoms with Gasteiger partial charge in [0, 0.05) is 26.3 Å². The van der Waals surface area contributed by atoms with Crippen LogP contribution in [0, 0.1) is 5.92 Å². The molecular weight excluding hydrogens is 216 g/mol. The zero-order chi connectivity index (χ0) is 11.9. The summed E-state index contributed by atoms with van der Waals surface area (Å²) >= 11 is 0. The molecule has 0 aromatic rings. The van der Waals surface area contributed by atoms with Crippen LogP contribution in [0.15, 0.2) is 0 Å². The van der Waals surface area contributed by atoms with Crippen LogP contribution in [0.2, 0.25) is 0 Å². The predicted molar refractivity (Wildman–Crippen MR) is 68.1 cm³/mol. The van der Waals surface area contributed by atoms with E-state index in [2.05, 4.69) is 10.2 Å². The number of rotatable bonds is 7. The van der Waals surface area contributed by atoms with E-state index in [1.165, 1.54) is 25.7 Å². The van der Waals surface area contributed by atoms with Crippen molar-refractivity contribution < 1.29 is 9.84 Å². The summed E-state index contributed by atoms with van der Waals surface area (Å²) < 4.78 is 5.34. The standard InChI is InChI=1S/C13H26N2O2/c16-13(10-15-6-1-2-7-15)9-14-5-3-12-4-8-17-11-12/h12-14,16H,1-11H2. The van der Waals surface area contributed by atoms with Crippen LogP contribution in [-0.2, 0) is 4.74 Å². The van der Waals surface area contributed by atoms with E-state index in [4.69, 9.17) is 4.74 Å². The Balaban J connectivity index is 1.46. The first-order valence-corrected chi connectivity index (χ1v) is 7.03. The first-order chi connectivity index (χ1) is 8.34. The SMILES string of the molecule is OC(CNCCC1CCOC1)CN1CCCC1. The van der Waals surface area contributed by atoms with Gasteiger partial charge in [-0.3, -0.25) is 0 Å². The molecule has 0 radical (unpaired) electrons. The van der Waals surface area contributed by atoms with Gasteiger partial charge in [-0.25, -0.2) is 0 Å². The van der Waals surface area contributed by atoms with Crippen molar-refractivity contribution in [2.45, 2.75) is 31.8 Å². The van der Waals surface area contributed by atoms with Crippen LogP contribution in [0.1, 0.15) is 25.7 Å².